The van der Waals surface area contributed by atoms with Gasteiger partial charge in [-0.1, -0.05) is 22.2 Å². The maximum atomic E-state index is 10.6. The number of aryl methyl sites for hydroxylation is 2. The van der Waals surface area contributed by atoms with Gasteiger partial charge in [-0.3, -0.25) is 0 Å². The van der Waals surface area contributed by atoms with Gasteiger partial charge < -0.3 is 0 Å². The second-order valence-corrected chi connectivity index (χ2v) is 4.07. The minimum Gasteiger partial charge on any atom is -0.192 e. The summed E-state index contributed by atoms with van der Waals surface area (Å²) < 4.78 is 31.8. The van der Waals surface area contributed by atoms with Crippen molar-refractivity contribution in [2.75, 3.05) is 0 Å². The highest BCUT2D eigenvalue weighted by molar-refractivity contribution is 7.85. The van der Waals surface area contributed by atoms with Crippen LogP contribution in [0.4, 0.5) is 0 Å². The van der Waals surface area contributed by atoms with Crippen molar-refractivity contribution in [2.45, 2.75) is 18.7 Å². The van der Waals surface area contributed by atoms with Gasteiger partial charge in [-0.05, 0) is 25.5 Å². The van der Waals surface area contributed by atoms with Gasteiger partial charge in [-0.2, -0.15) is 8.42 Å². The topological polar surface area (TPSA) is 54.0 Å². The molecule has 1 rings (SSSR count). The monoisotopic (exact) mass is 185 g/mol. The molecule has 0 aliphatic heterocycles. The van der Waals surface area contributed by atoms with E-state index in [4.69, 9.17) is 0 Å². The van der Waals surface area contributed by atoms with Crippen molar-refractivity contribution in [3.63, 3.8) is 0 Å². The molecule has 0 aromatic heterocycles. The summed E-state index contributed by atoms with van der Waals surface area (Å²) in [6, 6.07) is 4.62. The Bertz CT molecular complexity index is 393. The fraction of sp³-hybridized carbons (Fsp3) is 0.250. The highest BCUT2D eigenvalue weighted by Gasteiger charge is 2.13. The molecule has 65 valence electrons. The van der Waals surface area contributed by atoms with Crippen LogP contribution in [-0.2, 0) is 14.7 Å². The minimum atomic E-state index is -4.30. The summed E-state index contributed by atoms with van der Waals surface area (Å²) in [6.07, 6.45) is 0. The largest absolute Gasteiger partial charge is 0.324 e. The molecule has 0 amide bonds. The van der Waals surface area contributed by atoms with E-state index in [1.807, 2.05) is 6.92 Å². The van der Waals surface area contributed by atoms with Gasteiger partial charge in [-0.25, -0.2) is 0 Å². The Morgan fingerprint density at radius 1 is 1.17 bits per heavy atom. The van der Waals surface area contributed by atoms with Crippen molar-refractivity contribution in [3.8, 4) is 0 Å². The average Bonchev–Trinajstić information content (AvgIpc) is 1.83. The molecule has 1 aromatic rings. The molecule has 3 nitrogen and oxygen atoms in total. The quantitative estimate of drug-likeness (QED) is 0.664. The fourth-order valence-electron chi connectivity index (χ4n) is 1.08. The summed E-state index contributed by atoms with van der Waals surface area (Å²) in [7, 11) is -4.30. The van der Waals surface area contributed by atoms with Gasteiger partial charge in [0.2, 0.25) is 0 Å². The van der Waals surface area contributed by atoms with Crippen molar-refractivity contribution < 1.29 is 13.0 Å². The molecular formula is C8H9O3S. The van der Waals surface area contributed by atoms with Gasteiger partial charge in [0.15, 0.2) is 0 Å². The Balaban J connectivity index is 3.39. The van der Waals surface area contributed by atoms with Crippen LogP contribution in [0.15, 0.2) is 23.1 Å². The minimum absolute atomic E-state index is 0.131. The first-order valence-electron chi connectivity index (χ1n) is 3.44. The van der Waals surface area contributed by atoms with Crippen LogP contribution in [0.25, 0.3) is 0 Å². The standard InChI is InChI=1S/C8H9O3S/c1-6-3-4-8(7(2)5-6)12(9,10)11/h3-5H,1-2H3. The molecule has 4 heteroatoms. The zero-order valence-electron chi connectivity index (χ0n) is 6.87. The maximum Gasteiger partial charge on any atom is 0.324 e. The average molecular weight is 185 g/mol. The van der Waals surface area contributed by atoms with E-state index in [2.05, 4.69) is 0 Å². The summed E-state index contributed by atoms with van der Waals surface area (Å²) in [5, 5.41) is 0. The first kappa shape index (κ1) is 9.22. The molecule has 1 radical (unpaired) electrons. The molecule has 0 atom stereocenters. The maximum absolute atomic E-state index is 10.6. The molecule has 0 unspecified atom stereocenters. The summed E-state index contributed by atoms with van der Waals surface area (Å²) in [5.41, 5.74) is 1.45. The Hall–Kier alpha value is -0.870. The van der Waals surface area contributed by atoms with Crippen LogP contribution in [0, 0.1) is 13.8 Å². The predicted molar refractivity (Wildman–Crippen MR) is 43.8 cm³/mol. The third kappa shape index (κ3) is 1.84. The molecule has 0 spiro atoms. The summed E-state index contributed by atoms with van der Waals surface area (Å²) >= 11 is 0. The van der Waals surface area contributed by atoms with Crippen molar-refractivity contribution in [1.82, 2.24) is 0 Å². The van der Waals surface area contributed by atoms with Crippen LogP contribution in [0.2, 0.25) is 0 Å². The fourth-order valence-corrected chi connectivity index (χ4v) is 1.77. The van der Waals surface area contributed by atoms with E-state index < -0.39 is 10.1 Å². The second kappa shape index (κ2) is 2.88. The lowest BCUT2D eigenvalue weighted by atomic mass is 10.2. The van der Waals surface area contributed by atoms with Crippen LogP contribution >= 0.6 is 0 Å². The zero-order valence-corrected chi connectivity index (χ0v) is 7.68. The van der Waals surface area contributed by atoms with Gasteiger partial charge in [0, 0.05) is 0 Å². The Kier molecular flexibility index (Phi) is 2.21. The van der Waals surface area contributed by atoms with Gasteiger partial charge >= 0.3 is 10.1 Å². The van der Waals surface area contributed by atoms with Crippen molar-refractivity contribution >= 4 is 10.1 Å². The van der Waals surface area contributed by atoms with Gasteiger partial charge in [0.05, 0.1) is 4.90 Å². The van der Waals surface area contributed by atoms with Crippen LogP contribution in [0.5, 0.6) is 0 Å². The van der Waals surface area contributed by atoms with Gasteiger partial charge in [-0.15, -0.1) is 0 Å². The molecule has 0 heterocycles. The van der Waals surface area contributed by atoms with E-state index in [0.29, 0.717) is 5.56 Å². The van der Waals surface area contributed by atoms with E-state index >= 15 is 0 Å². The van der Waals surface area contributed by atoms with E-state index in [9.17, 15) is 13.0 Å². The Morgan fingerprint density at radius 2 is 1.75 bits per heavy atom. The predicted octanol–water partition coefficient (Wildman–Crippen LogP) is 1.42. The van der Waals surface area contributed by atoms with Crippen LogP contribution < -0.4 is 0 Å². The Labute approximate surface area is 71.8 Å². The number of benzene rings is 1. The first-order valence-corrected chi connectivity index (χ1v) is 4.85. The van der Waals surface area contributed by atoms with Crippen LogP contribution in [-0.4, -0.2) is 8.42 Å². The lowest BCUT2D eigenvalue weighted by Gasteiger charge is -2.00. The molecule has 0 aliphatic rings. The third-order valence-electron chi connectivity index (χ3n) is 1.60. The molecule has 0 fully saturated rings. The van der Waals surface area contributed by atoms with E-state index in [-0.39, 0.29) is 4.90 Å². The first-order chi connectivity index (χ1) is 5.41. The zero-order chi connectivity index (χ0) is 9.35. The summed E-state index contributed by atoms with van der Waals surface area (Å²) in [6.45, 7) is 3.45. The molecular weight excluding hydrogens is 176 g/mol. The van der Waals surface area contributed by atoms with Crippen molar-refractivity contribution in [1.29, 1.82) is 0 Å². The number of hydrogen-bond donors (Lipinski definition) is 0. The molecule has 0 N–H and O–H groups in total. The SMILES string of the molecule is Cc1ccc(S([O])(=O)=O)c(C)c1. The van der Waals surface area contributed by atoms with Crippen molar-refractivity contribution in [3.05, 3.63) is 29.3 Å². The van der Waals surface area contributed by atoms with Crippen LogP contribution in [0.3, 0.4) is 0 Å². The molecule has 1 aromatic carbocycles. The lowest BCUT2D eigenvalue weighted by molar-refractivity contribution is 0.414. The molecule has 0 aliphatic carbocycles. The second-order valence-electron chi connectivity index (χ2n) is 2.72. The highest BCUT2D eigenvalue weighted by Crippen LogP contribution is 2.15. The lowest BCUT2D eigenvalue weighted by Crippen LogP contribution is -1.98. The van der Waals surface area contributed by atoms with E-state index in [1.165, 1.54) is 6.07 Å². The van der Waals surface area contributed by atoms with Crippen LogP contribution in [0.1, 0.15) is 11.1 Å². The summed E-state index contributed by atoms with van der Waals surface area (Å²) in [5.74, 6) is 0. The number of rotatable bonds is 1. The summed E-state index contributed by atoms with van der Waals surface area (Å²) in [4.78, 5) is -0.131. The third-order valence-corrected chi connectivity index (χ3v) is 2.60. The number of hydrogen-bond acceptors (Lipinski definition) is 2. The normalized spacial score (nSPS) is 11.6. The molecule has 0 saturated carbocycles. The van der Waals surface area contributed by atoms with Gasteiger partial charge in [0.1, 0.15) is 0 Å². The van der Waals surface area contributed by atoms with E-state index in [0.717, 1.165) is 5.56 Å². The molecule has 0 saturated heterocycles. The van der Waals surface area contributed by atoms with E-state index in [1.54, 1.807) is 19.1 Å². The Morgan fingerprint density at radius 3 is 2.17 bits per heavy atom. The molecule has 0 bridgehead atoms. The van der Waals surface area contributed by atoms with Crippen molar-refractivity contribution in [2.24, 2.45) is 0 Å². The van der Waals surface area contributed by atoms with Gasteiger partial charge in [0.25, 0.3) is 0 Å². The highest BCUT2D eigenvalue weighted by atomic mass is 32.2. The smallest absolute Gasteiger partial charge is 0.192 e. The molecule has 12 heavy (non-hydrogen) atoms.